The molecule has 0 radical (unpaired) electrons. The Bertz CT molecular complexity index is 969. The number of carbonyl (C=O) groups is 1. The first-order chi connectivity index (χ1) is 14.9. The first kappa shape index (κ1) is 23.9. The van der Waals surface area contributed by atoms with E-state index in [1.54, 1.807) is 18.5 Å². The molecule has 1 heterocycles. The van der Waals surface area contributed by atoms with Crippen LogP contribution in [0.2, 0.25) is 0 Å². The fourth-order valence-electron chi connectivity index (χ4n) is 2.94. The molecule has 0 atom stereocenters. The van der Waals surface area contributed by atoms with E-state index in [0.717, 1.165) is 34.5 Å². The average molecular weight is 416 g/mol. The molecule has 2 rings (SSSR count). The van der Waals surface area contributed by atoms with Crippen LogP contribution in [0.1, 0.15) is 45.2 Å². The molecule has 1 aromatic heterocycles. The monoisotopic (exact) mass is 415 g/mol. The van der Waals surface area contributed by atoms with Gasteiger partial charge >= 0.3 is 0 Å². The summed E-state index contributed by atoms with van der Waals surface area (Å²) in [6, 6.07) is 12.1. The van der Waals surface area contributed by atoms with Gasteiger partial charge in [0.05, 0.1) is 0 Å². The van der Waals surface area contributed by atoms with E-state index in [1.165, 1.54) is 0 Å². The van der Waals surface area contributed by atoms with Gasteiger partial charge in [-0.1, -0.05) is 44.7 Å². The molecule has 0 aliphatic rings. The maximum Gasteiger partial charge on any atom is 0.246 e. The lowest BCUT2D eigenvalue weighted by atomic mass is 10.1. The van der Waals surface area contributed by atoms with Gasteiger partial charge in [0.1, 0.15) is 0 Å². The number of nitrogens with zero attached hydrogens (tertiary/aromatic N) is 1. The number of allylic oxidation sites excluding steroid dienone is 3. The number of rotatable bonds is 10. The van der Waals surface area contributed by atoms with Gasteiger partial charge in [0.2, 0.25) is 5.91 Å². The minimum atomic E-state index is -0.0355. The van der Waals surface area contributed by atoms with Crippen molar-refractivity contribution in [1.29, 1.82) is 0 Å². The third-order valence-electron chi connectivity index (χ3n) is 4.77. The molecule has 0 unspecified atom stereocenters. The van der Waals surface area contributed by atoms with Gasteiger partial charge in [0.15, 0.2) is 0 Å². The fraction of sp³-hybridized carbons (Fsp3) is 0.259. The minimum Gasteiger partial charge on any atom is -0.355 e. The second kappa shape index (κ2) is 12.3. The summed E-state index contributed by atoms with van der Waals surface area (Å²) >= 11 is 0. The molecule has 2 N–H and O–H groups in total. The molecule has 0 fully saturated rings. The molecule has 0 saturated carbocycles. The third-order valence-corrected chi connectivity index (χ3v) is 4.77. The molecular weight excluding hydrogens is 382 g/mol. The Morgan fingerprint density at radius 3 is 2.48 bits per heavy atom. The van der Waals surface area contributed by atoms with Crippen molar-refractivity contribution in [3.8, 4) is 0 Å². The summed E-state index contributed by atoms with van der Waals surface area (Å²) in [5, 5.41) is 6.38. The number of amides is 1. The zero-order valence-corrected chi connectivity index (χ0v) is 19.0. The van der Waals surface area contributed by atoms with Gasteiger partial charge in [-0.15, -0.1) is 0 Å². The van der Waals surface area contributed by atoms with E-state index >= 15 is 0 Å². The van der Waals surface area contributed by atoms with Crippen molar-refractivity contribution in [2.24, 2.45) is 5.92 Å². The maximum absolute atomic E-state index is 12.3. The summed E-state index contributed by atoms with van der Waals surface area (Å²) in [4.78, 5) is 16.3. The summed E-state index contributed by atoms with van der Waals surface area (Å²) in [5.41, 5.74) is 5.63. The van der Waals surface area contributed by atoms with Gasteiger partial charge in [-0.2, -0.15) is 0 Å². The lowest BCUT2D eigenvalue weighted by Gasteiger charge is -2.12. The Hall–Kier alpha value is -3.40. The first-order valence-corrected chi connectivity index (χ1v) is 10.6. The predicted molar refractivity (Wildman–Crippen MR) is 132 cm³/mol. The van der Waals surface area contributed by atoms with E-state index in [9.17, 15) is 4.79 Å². The first-order valence-electron chi connectivity index (χ1n) is 10.6. The van der Waals surface area contributed by atoms with E-state index in [-0.39, 0.29) is 5.91 Å². The topological polar surface area (TPSA) is 54.0 Å². The highest BCUT2D eigenvalue weighted by Crippen LogP contribution is 2.18. The summed E-state index contributed by atoms with van der Waals surface area (Å²) in [7, 11) is 0. The van der Waals surface area contributed by atoms with Crippen LogP contribution >= 0.6 is 0 Å². The Morgan fingerprint density at radius 2 is 1.81 bits per heavy atom. The highest BCUT2D eigenvalue weighted by Gasteiger charge is 2.06. The molecule has 1 aromatic carbocycles. The lowest BCUT2D eigenvalue weighted by Crippen LogP contribution is -2.26. The van der Waals surface area contributed by atoms with Gasteiger partial charge in [-0.05, 0) is 79.3 Å². The number of hydrogen-bond donors (Lipinski definition) is 2. The molecule has 4 heteroatoms. The van der Waals surface area contributed by atoms with Gasteiger partial charge in [-0.25, -0.2) is 0 Å². The van der Waals surface area contributed by atoms with Crippen molar-refractivity contribution < 1.29 is 4.79 Å². The number of aromatic nitrogens is 1. The highest BCUT2D eigenvalue weighted by atomic mass is 16.1. The van der Waals surface area contributed by atoms with Crippen LogP contribution < -0.4 is 10.6 Å². The summed E-state index contributed by atoms with van der Waals surface area (Å²) in [5.74, 6) is 0.532. The highest BCUT2D eigenvalue weighted by molar-refractivity contribution is 5.93. The molecular formula is C27H33N3O. The van der Waals surface area contributed by atoms with Crippen molar-refractivity contribution in [3.05, 3.63) is 95.5 Å². The zero-order valence-electron chi connectivity index (χ0n) is 19.0. The molecule has 0 aliphatic carbocycles. The number of benzene rings is 1. The second-order valence-corrected chi connectivity index (χ2v) is 7.93. The average Bonchev–Trinajstić information content (AvgIpc) is 2.76. The Morgan fingerprint density at radius 1 is 1.10 bits per heavy atom. The maximum atomic E-state index is 12.3. The van der Waals surface area contributed by atoms with Crippen LogP contribution in [0, 0.1) is 5.92 Å². The second-order valence-electron chi connectivity index (χ2n) is 7.93. The predicted octanol–water partition coefficient (Wildman–Crippen LogP) is 6.23. The van der Waals surface area contributed by atoms with Crippen molar-refractivity contribution in [3.63, 3.8) is 0 Å². The van der Waals surface area contributed by atoms with Crippen molar-refractivity contribution in [2.45, 2.75) is 34.1 Å². The van der Waals surface area contributed by atoms with Gasteiger partial charge in [0.25, 0.3) is 0 Å². The summed E-state index contributed by atoms with van der Waals surface area (Å²) in [6.07, 6.45) is 12.3. The quantitative estimate of drug-likeness (QED) is 0.357. The summed E-state index contributed by atoms with van der Waals surface area (Å²) in [6.45, 7) is 12.7. The third kappa shape index (κ3) is 8.47. The van der Waals surface area contributed by atoms with Crippen LogP contribution in [0.3, 0.4) is 0 Å². The summed E-state index contributed by atoms with van der Waals surface area (Å²) < 4.78 is 0. The molecule has 4 nitrogen and oxygen atoms in total. The van der Waals surface area contributed by atoms with Crippen LogP contribution in [0.5, 0.6) is 0 Å². The molecule has 0 bridgehead atoms. The van der Waals surface area contributed by atoms with Gasteiger partial charge in [-0.3, -0.25) is 9.78 Å². The van der Waals surface area contributed by atoms with E-state index in [2.05, 4.69) is 60.3 Å². The van der Waals surface area contributed by atoms with E-state index in [1.807, 2.05) is 44.2 Å². The Labute approximate surface area is 186 Å². The van der Waals surface area contributed by atoms with Crippen molar-refractivity contribution in [1.82, 2.24) is 10.3 Å². The molecule has 162 valence electrons. The molecule has 2 aromatic rings. The van der Waals surface area contributed by atoms with E-state index < -0.39 is 0 Å². The number of hydrogen-bond acceptors (Lipinski definition) is 3. The Balaban J connectivity index is 2.10. The Kier molecular flexibility index (Phi) is 9.50. The van der Waals surface area contributed by atoms with Crippen molar-refractivity contribution >= 4 is 23.7 Å². The number of pyridine rings is 1. The van der Waals surface area contributed by atoms with Crippen LogP contribution in [-0.2, 0) is 4.79 Å². The number of nitrogens with one attached hydrogen (secondary N) is 2. The number of carbonyl (C=O) groups excluding carboxylic acids is 1. The largest absolute Gasteiger partial charge is 0.355 e. The number of anilines is 1. The van der Waals surface area contributed by atoms with E-state index in [0.29, 0.717) is 18.0 Å². The molecule has 0 saturated heterocycles. The van der Waals surface area contributed by atoms with Crippen LogP contribution in [0.15, 0.2) is 84.4 Å². The van der Waals surface area contributed by atoms with Crippen LogP contribution in [-0.4, -0.2) is 17.4 Å². The minimum absolute atomic E-state index is 0.0355. The molecule has 0 spiro atoms. The smallest absolute Gasteiger partial charge is 0.246 e. The van der Waals surface area contributed by atoms with Crippen LogP contribution in [0.4, 0.5) is 5.69 Å². The molecule has 1 amide bonds. The lowest BCUT2D eigenvalue weighted by molar-refractivity contribution is -0.117. The van der Waals surface area contributed by atoms with E-state index in [4.69, 9.17) is 0 Å². The fourth-order valence-corrected chi connectivity index (χ4v) is 2.94. The van der Waals surface area contributed by atoms with Crippen LogP contribution in [0.25, 0.3) is 12.2 Å². The van der Waals surface area contributed by atoms with Crippen molar-refractivity contribution in [2.75, 3.05) is 11.9 Å². The standard InChI is InChI=1S/C27H33N3O/c1-6-26(21(4)18-22(5)27(31)29-17-12-20(2)3)30-25-9-7-8-24(19-25)11-10-23-13-15-28-16-14-23/h6-11,13-16,18-20,30H,1,12,17H2,2-5H3,(H,29,31)/b11-10+,22-18+,26-21+. The molecule has 0 aliphatic heterocycles. The van der Waals surface area contributed by atoms with Gasteiger partial charge < -0.3 is 10.6 Å². The normalized spacial score (nSPS) is 12.6. The zero-order chi connectivity index (χ0) is 22.6. The molecule has 31 heavy (non-hydrogen) atoms. The van der Waals surface area contributed by atoms with Gasteiger partial charge in [0, 0.05) is 35.9 Å². The SMILES string of the molecule is C=C/C(Nc1cccc(/C=C/c2ccncc2)c1)=C(C)\C=C(/C)C(=O)NCCC(C)C.